The minimum absolute atomic E-state index is 1.31. The maximum atomic E-state index is 4.97. The van der Waals surface area contributed by atoms with Crippen LogP contribution in [0.4, 0.5) is 0 Å². The van der Waals surface area contributed by atoms with Crippen LogP contribution in [0.3, 0.4) is 0 Å². The molecule has 0 aromatic rings. The third-order valence-electron chi connectivity index (χ3n) is 0.166. The molecule has 0 bridgehead atoms. The number of hydrogen-bond acceptors (Lipinski definition) is 2. The Balaban J connectivity index is 2.83. The van der Waals surface area contributed by atoms with Crippen LogP contribution in [0.15, 0.2) is 0 Å². The summed E-state index contributed by atoms with van der Waals surface area (Å²) in [6.45, 7) is 0. The Morgan fingerprint density at radius 2 is 2.20 bits per heavy atom. The number of rotatable bonds is 1. The molecule has 3 heteroatoms. The van der Waals surface area contributed by atoms with Crippen LogP contribution in [-0.2, 0) is 0 Å². The molecule has 0 aliphatic carbocycles. The lowest BCUT2D eigenvalue weighted by Crippen LogP contribution is -2.22. The SMILES string of the molecule is CN(N)C=S. The number of hydrazine groups is 1. The number of nitrogens with two attached hydrogens (primary N) is 1. The average Bonchev–Trinajstić information content (AvgIpc) is 1.38. The van der Waals surface area contributed by atoms with Gasteiger partial charge in [-0.05, 0) is 0 Å². The zero-order chi connectivity index (χ0) is 4.28. The first-order valence-electron chi connectivity index (χ1n) is 1.20. The van der Waals surface area contributed by atoms with Crippen LogP contribution >= 0.6 is 12.2 Å². The second-order valence-electron chi connectivity index (χ2n) is 0.771. The van der Waals surface area contributed by atoms with Gasteiger partial charge in [-0.3, -0.25) is 0 Å². The molecule has 2 N–H and O–H groups in total. The molecule has 0 unspecified atom stereocenters. The average molecular weight is 90.2 g/mol. The van der Waals surface area contributed by atoms with Crippen LogP contribution in [-0.4, -0.2) is 17.5 Å². The lowest BCUT2D eigenvalue weighted by atomic mass is 11.2. The van der Waals surface area contributed by atoms with Crippen LogP contribution in [0.1, 0.15) is 0 Å². The zero-order valence-corrected chi connectivity index (χ0v) is 3.83. The summed E-state index contributed by atoms with van der Waals surface area (Å²) in [5, 5.41) is 1.31. The molecule has 0 spiro atoms. The lowest BCUT2D eigenvalue weighted by molar-refractivity contribution is 0.565. The van der Waals surface area contributed by atoms with Gasteiger partial charge in [-0.25, -0.2) is 5.84 Å². The van der Waals surface area contributed by atoms with E-state index < -0.39 is 0 Å². The lowest BCUT2D eigenvalue weighted by Gasteiger charge is -1.96. The number of nitrogens with zero attached hydrogens (tertiary/aromatic N) is 1. The fourth-order valence-corrected chi connectivity index (χ4v) is 0. The van der Waals surface area contributed by atoms with Crippen molar-refractivity contribution >= 4 is 17.7 Å². The van der Waals surface area contributed by atoms with Gasteiger partial charge in [0.15, 0.2) is 0 Å². The van der Waals surface area contributed by atoms with Gasteiger partial charge in [-0.1, -0.05) is 12.2 Å². The van der Waals surface area contributed by atoms with Crippen molar-refractivity contribution in [3.8, 4) is 0 Å². The molecule has 0 fully saturated rings. The van der Waals surface area contributed by atoms with E-state index in [4.69, 9.17) is 5.84 Å². The Labute approximate surface area is 36.5 Å². The van der Waals surface area contributed by atoms with E-state index in [9.17, 15) is 0 Å². The Kier molecular flexibility index (Phi) is 2.05. The van der Waals surface area contributed by atoms with Gasteiger partial charge in [0.2, 0.25) is 0 Å². The first-order valence-corrected chi connectivity index (χ1v) is 1.67. The molecule has 0 aliphatic heterocycles. The fourth-order valence-electron chi connectivity index (χ4n) is 0. The van der Waals surface area contributed by atoms with E-state index in [1.165, 1.54) is 10.5 Å². The van der Waals surface area contributed by atoms with E-state index >= 15 is 0 Å². The molecule has 0 rings (SSSR count). The van der Waals surface area contributed by atoms with E-state index in [2.05, 4.69) is 12.2 Å². The molecule has 0 radical (unpaired) electrons. The first kappa shape index (κ1) is 4.85. The molecule has 0 aromatic carbocycles. The summed E-state index contributed by atoms with van der Waals surface area (Å²) in [5.74, 6) is 4.97. The summed E-state index contributed by atoms with van der Waals surface area (Å²) < 4.78 is 0. The zero-order valence-electron chi connectivity index (χ0n) is 3.01. The normalized spacial score (nSPS) is 6.80. The summed E-state index contributed by atoms with van der Waals surface area (Å²) in [7, 11) is 1.67. The van der Waals surface area contributed by atoms with E-state index in [0.29, 0.717) is 0 Å². The minimum Gasteiger partial charge on any atom is -0.311 e. The van der Waals surface area contributed by atoms with Crippen molar-refractivity contribution in [2.75, 3.05) is 7.05 Å². The van der Waals surface area contributed by atoms with Crippen molar-refractivity contribution in [3.63, 3.8) is 0 Å². The smallest absolute Gasteiger partial charge is 0.0781 e. The van der Waals surface area contributed by atoms with Crippen molar-refractivity contribution in [1.29, 1.82) is 0 Å². The highest BCUT2D eigenvalue weighted by Gasteiger charge is 1.64. The minimum atomic E-state index is 1.31. The molecule has 0 saturated carbocycles. The highest BCUT2D eigenvalue weighted by molar-refractivity contribution is 7.78. The van der Waals surface area contributed by atoms with Crippen LogP contribution in [0.25, 0.3) is 0 Å². The third kappa shape index (κ3) is 3.85. The van der Waals surface area contributed by atoms with E-state index in [0.717, 1.165) is 0 Å². The summed E-state index contributed by atoms with van der Waals surface area (Å²) in [6.07, 6.45) is 0. The van der Waals surface area contributed by atoms with E-state index in [1.54, 1.807) is 7.05 Å². The monoisotopic (exact) mass is 90.0 g/mol. The van der Waals surface area contributed by atoms with Crippen LogP contribution in [0.5, 0.6) is 0 Å². The van der Waals surface area contributed by atoms with Crippen molar-refractivity contribution in [2.24, 2.45) is 5.84 Å². The summed E-state index contributed by atoms with van der Waals surface area (Å²) in [5.41, 5.74) is 1.36. The van der Waals surface area contributed by atoms with Gasteiger partial charge in [0, 0.05) is 7.05 Å². The van der Waals surface area contributed by atoms with E-state index in [-0.39, 0.29) is 0 Å². The van der Waals surface area contributed by atoms with Crippen LogP contribution < -0.4 is 5.84 Å². The summed E-state index contributed by atoms with van der Waals surface area (Å²) >= 11 is 4.35. The second-order valence-corrected chi connectivity index (χ2v) is 0.982. The molecule has 2 nitrogen and oxygen atoms in total. The molecule has 30 valence electrons. The van der Waals surface area contributed by atoms with Gasteiger partial charge >= 0.3 is 0 Å². The molecule has 0 aromatic heterocycles. The predicted molar refractivity (Wildman–Crippen MR) is 25.6 cm³/mol. The topological polar surface area (TPSA) is 29.3 Å². The second kappa shape index (κ2) is 2.11. The Hall–Kier alpha value is -0.150. The quantitative estimate of drug-likeness (QED) is 0.273. The Morgan fingerprint density at radius 1 is 2.00 bits per heavy atom. The molecule has 5 heavy (non-hydrogen) atoms. The van der Waals surface area contributed by atoms with Crippen molar-refractivity contribution in [3.05, 3.63) is 0 Å². The molecule has 0 heterocycles. The van der Waals surface area contributed by atoms with E-state index in [1.807, 2.05) is 0 Å². The molecule has 0 amide bonds. The maximum absolute atomic E-state index is 4.97. The molecule has 0 aliphatic rings. The summed E-state index contributed by atoms with van der Waals surface area (Å²) in [4.78, 5) is 0. The van der Waals surface area contributed by atoms with Gasteiger partial charge in [-0.15, -0.1) is 0 Å². The van der Waals surface area contributed by atoms with Gasteiger partial charge in [0.1, 0.15) is 0 Å². The number of thiocarbonyl (C=S) groups is 1. The standard InChI is InChI=1S/C2H6N2S/c1-4(3)2-5/h2H,3H2,1H3. The van der Waals surface area contributed by atoms with Gasteiger partial charge in [-0.2, -0.15) is 0 Å². The van der Waals surface area contributed by atoms with Crippen molar-refractivity contribution < 1.29 is 0 Å². The number of hydrogen-bond donors (Lipinski definition) is 1. The van der Waals surface area contributed by atoms with Gasteiger partial charge < -0.3 is 5.01 Å². The predicted octanol–water partition coefficient (Wildman–Crippen LogP) is -0.251. The summed E-state index contributed by atoms with van der Waals surface area (Å²) in [6, 6.07) is 0. The molecule has 0 atom stereocenters. The molecular formula is C2H6N2S. The third-order valence-corrected chi connectivity index (χ3v) is 0.499. The Morgan fingerprint density at radius 3 is 2.20 bits per heavy atom. The maximum Gasteiger partial charge on any atom is 0.0781 e. The molecular weight excluding hydrogens is 84.1 g/mol. The largest absolute Gasteiger partial charge is 0.311 e. The molecule has 0 saturated heterocycles. The van der Waals surface area contributed by atoms with Crippen molar-refractivity contribution in [2.45, 2.75) is 0 Å². The van der Waals surface area contributed by atoms with Crippen LogP contribution in [0.2, 0.25) is 0 Å². The first-order chi connectivity index (χ1) is 2.27. The van der Waals surface area contributed by atoms with Crippen molar-refractivity contribution in [1.82, 2.24) is 5.01 Å². The highest BCUT2D eigenvalue weighted by atomic mass is 32.1. The van der Waals surface area contributed by atoms with Gasteiger partial charge in [0.05, 0.1) is 5.49 Å². The van der Waals surface area contributed by atoms with Crippen LogP contribution in [0, 0.1) is 0 Å². The Bertz CT molecular complexity index is 34.6. The highest BCUT2D eigenvalue weighted by Crippen LogP contribution is 1.50. The fraction of sp³-hybridized carbons (Fsp3) is 0.500. The van der Waals surface area contributed by atoms with Gasteiger partial charge in [0.25, 0.3) is 0 Å².